The Hall–Kier alpha value is -3.58. The summed E-state index contributed by atoms with van der Waals surface area (Å²) in [6, 6.07) is 22.4. The lowest BCUT2D eigenvalue weighted by Crippen LogP contribution is -2.22. The minimum absolute atomic E-state index is 0.115. The van der Waals surface area contributed by atoms with Crippen LogP contribution < -0.4 is 10.6 Å². The number of carbonyl (C=O) groups excluding carboxylic acids is 2. The second-order valence-corrected chi connectivity index (χ2v) is 8.32. The number of aromatic nitrogens is 2. The van der Waals surface area contributed by atoms with Gasteiger partial charge in [0.25, 0.3) is 5.91 Å². The number of fused-ring (bicyclic) bond motifs is 1. The van der Waals surface area contributed by atoms with Gasteiger partial charge in [-0.1, -0.05) is 36.4 Å². The molecule has 2 N–H and O–H groups in total. The molecule has 0 atom stereocenters. The van der Waals surface area contributed by atoms with Crippen LogP contribution in [0.5, 0.6) is 0 Å². The Bertz CT molecular complexity index is 1280. The number of nitrogens with one attached hydrogen (secondary N) is 2. The van der Waals surface area contributed by atoms with E-state index in [0.717, 1.165) is 22.4 Å². The number of carbonyl (C=O) groups is 2. The van der Waals surface area contributed by atoms with Crippen molar-refractivity contribution in [2.75, 3.05) is 16.9 Å². The van der Waals surface area contributed by atoms with Gasteiger partial charge in [-0.3, -0.25) is 9.59 Å². The number of para-hydroxylation sites is 3. The molecule has 0 aliphatic carbocycles. The summed E-state index contributed by atoms with van der Waals surface area (Å²) >= 11 is 1.66. The van der Waals surface area contributed by atoms with Crippen LogP contribution in [0.15, 0.2) is 72.8 Å². The minimum Gasteiger partial charge on any atom is -0.324 e. The highest BCUT2D eigenvalue weighted by atomic mass is 32.2. The Morgan fingerprint density at radius 3 is 2.56 bits per heavy atom. The maximum atomic E-state index is 13.0. The SMILES string of the molecule is CSCc1nc2ccccc2n1CC(=O)Nc1ccccc1C(=O)Nc1cccc(C)c1. The van der Waals surface area contributed by atoms with E-state index in [0.29, 0.717) is 22.7 Å². The fourth-order valence-corrected chi connectivity index (χ4v) is 4.06. The van der Waals surface area contributed by atoms with Crippen LogP contribution in [-0.4, -0.2) is 27.6 Å². The van der Waals surface area contributed by atoms with E-state index in [4.69, 9.17) is 0 Å². The number of aryl methyl sites for hydroxylation is 1. The molecular formula is C25H24N4O2S. The van der Waals surface area contributed by atoms with Gasteiger partial charge in [-0.2, -0.15) is 11.8 Å². The Kier molecular flexibility index (Phi) is 6.56. The van der Waals surface area contributed by atoms with Crippen molar-refractivity contribution in [2.45, 2.75) is 19.2 Å². The van der Waals surface area contributed by atoms with Crippen LogP contribution in [0, 0.1) is 6.92 Å². The standard InChI is InChI=1S/C25H24N4O2S/c1-17-8-7-9-18(14-17)26-25(31)19-10-3-4-11-20(19)28-24(30)15-29-22-13-6-5-12-21(22)27-23(29)16-32-2/h3-14H,15-16H2,1-2H3,(H,26,31)(H,28,30). The summed E-state index contributed by atoms with van der Waals surface area (Å²) in [5.74, 6) is 1.06. The van der Waals surface area contributed by atoms with Gasteiger partial charge in [0.1, 0.15) is 12.4 Å². The average molecular weight is 445 g/mol. The van der Waals surface area contributed by atoms with Crippen LogP contribution in [0.1, 0.15) is 21.7 Å². The lowest BCUT2D eigenvalue weighted by molar-refractivity contribution is -0.116. The van der Waals surface area contributed by atoms with E-state index >= 15 is 0 Å². The summed E-state index contributed by atoms with van der Waals surface area (Å²) in [5.41, 5.74) is 4.42. The molecule has 6 nitrogen and oxygen atoms in total. The van der Waals surface area contributed by atoms with Crippen molar-refractivity contribution >= 4 is 46.0 Å². The molecule has 0 aliphatic rings. The number of hydrogen-bond donors (Lipinski definition) is 2. The summed E-state index contributed by atoms with van der Waals surface area (Å²) in [5, 5.41) is 5.81. The van der Waals surface area contributed by atoms with Crippen molar-refractivity contribution in [3.8, 4) is 0 Å². The van der Waals surface area contributed by atoms with Gasteiger partial charge >= 0.3 is 0 Å². The molecule has 4 aromatic rings. The number of imidazole rings is 1. The summed E-state index contributed by atoms with van der Waals surface area (Å²) in [7, 11) is 0. The first-order valence-corrected chi connectivity index (χ1v) is 11.6. The molecule has 0 fully saturated rings. The number of rotatable bonds is 7. The first-order valence-electron chi connectivity index (χ1n) is 10.2. The molecule has 0 unspecified atom stereocenters. The van der Waals surface area contributed by atoms with Crippen molar-refractivity contribution in [3.63, 3.8) is 0 Å². The molecule has 0 saturated carbocycles. The Balaban J connectivity index is 1.54. The van der Waals surface area contributed by atoms with E-state index in [1.54, 1.807) is 36.0 Å². The Morgan fingerprint density at radius 1 is 0.969 bits per heavy atom. The number of thioether (sulfide) groups is 1. The predicted octanol–water partition coefficient (Wildman–Crippen LogP) is 5.10. The van der Waals surface area contributed by atoms with Gasteiger partial charge in [-0.25, -0.2) is 4.98 Å². The number of nitrogens with zero attached hydrogens (tertiary/aromatic N) is 2. The third-order valence-electron chi connectivity index (χ3n) is 5.03. The summed E-state index contributed by atoms with van der Waals surface area (Å²) in [4.78, 5) is 30.5. The second kappa shape index (κ2) is 9.70. The third-order valence-corrected chi connectivity index (χ3v) is 5.58. The lowest BCUT2D eigenvalue weighted by atomic mass is 10.1. The topological polar surface area (TPSA) is 76.0 Å². The molecule has 0 spiro atoms. The normalized spacial score (nSPS) is 10.8. The van der Waals surface area contributed by atoms with Gasteiger partial charge in [-0.05, 0) is 55.1 Å². The molecule has 3 aromatic carbocycles. The van der Waals surface area contributed by atoms with Gasteiger partial charge in [0, 0.05) is 5.69 Å². The van der Waals surface area contributed by atoms with Crippen molar-refractivity contribution in [3.05, 3.63) is 89.7 Å². The minimum atomic E-state index is -0.275. The van der Waals surface area contributed by atoms with E-state index in [-0.39, 0.29) is 18.4 Å². The smallest absolute Gasteiger partial charge is 0.257 e. The quantitative estimate of drug-likeness (QED) is 0.416. The highest BCUT2D eigenvalue weighted by Gasteiger charge is 2.16. The number of hydrogen-bond acceptors (Lipinski definition) is 4. The van der Waals surface area contributed by atoms with E-state index in [9.17, 15) is 9.59 Å². The molecule has 2 amide bonds. The maximum Gasteiger partial charge on any atom is 0.257 e. The van der Waals surface area contributed by atoms with Gasteiger partial charge < -0.3 is 15.2 Å². The fourth-order valence-electron chi connectivity index (χ4n) is 3.59. The van der Waals surface area contributed by atoms with Crippen LogP contribution in [-0.2, 0) is 17.1 Å². The maximum absolute atomic E-state index is 13.0. The number of amides is 2. The van der Waals surface area contributed by atoms with E-state index < -0.39 is 0 Å². The van der Waals surface area contributed by atoms with Crippen LogP contribution in [0.25, 0.3) is 11.0 Å². The van der Waals surface area contributed by atoms with Crippen LogP contribution in [0.3, 0.4) is 0 Å². The van der Waals surface area contributed by atoms with E-state index in [2.05, 4.69) is 15.6 Å². The monoisotopic (exact) mass is 444 g/mol. The highest BCUT2D eigenvalue weighted by Crippen LogP contribution is 2.21. The van der Waals surface area contributed by atoms with E-state index in [1.165, 1.54) is 0 Å². The molecule has 1 aromatic heterocycles. The van der Waals surface area contributed by atoms with Gasteiger partial charge in [0.05, 0.1) is 28.0 Å². The average Bonchev–Trinajstić information content (AvgIpc) is 3.11. The molecule has 0 saturated heterocycles. The molecule has 32 heavy (non-hydrogen) atoms. The van der Waals surface area contributed by atoms with Gasteiger partial charge in [-0.15, -0.1) is 0 Å². The molecular weight excluding hydrogens is 420 g/mol. The van der Waals surface area contributed by atoms with Crippen LogP contribution >= 0.6 is 11.8 Å². The van der Waals surface area contributed by atoms with Crippen molar-refractivity contribution in [1.29, 1.82) is 0 Å². The zero-order chi connectivity index (χ0) is 22.5. The first-order chi connectivity index (χ1) is 15.5. The molecule has 0 radical (unpaired) electrons. The summed E-state index contributed by atoms with van der Waals surface area (Å²) in [6.45, 7) is 2.08. The van der Waals surface area contributed by atoms with Gasteiger partial charge in [0.15, 0.2) is 0 Å². The summed E-state index contributed by atoms with van der Waals surface area (Å²) in [6.07, 6.45) is 2.01. The zero-order valence-corrected chi connectivity index (χ0v) is 18.8. The van der Waals surface area contributed by atoms with Crippen molar-refractivity contribution in [1.82, 2.24) is 9.55 Å². The molecule has 0 bridgehead atoms. The molecule has 7 heteroatoms. The van der Waals surface area contributed by atoms with Crippen LogP contribution in [0.4, 0.5) is 11.4 Å². The van der Waals surface area contributed by atoms with Crippen molar-refractivity contribution < 1.29 is 9.59 Å². The van der Waals surface area contributed by atoms with Crippen LogP contribution in [0.2, 0.25) is 0 Å². The number of anilines is 2. The fraction of sp³-hybridized carbons (Fsp3) is 0.160. The lowest BCUT2D eigenvalue weighted by Gasteiger charge is -2.13. The second-order valence-electron chi connectivity index (χ2n) is 7.45. The first kappa shape index (κ1) is 21.6. The largest absolute Gasteiger partial charge is 0.324 e. The molecule has 0 aliphatic heterocycles. The summed E-state index contributed by atoms with van der Waals surface area (Å²) < 4.78 is 1.93. The molecule has 1 heterocycles. The molecule has 4 rings (SSSR count). The third kappa shape index (κ3) is 4.84. The highest BCUT2D eigenvalue weighted by molar-refractivity contribution is 7.97. The molecule has 162 valence electrons. The van der Waals surface area contributed by atoms with Crippen molar-refractivity contribution in [2.24, 2.45) is 0 Å². The zero-order valence-electron chi connectivity index (χ0n) is 18.0. The Morgan fingerprint density at radius 2 is 1.75 bits per heavy atom. The predicted molar refractivity (Wildman–Crippen MR) is 131 cm³/mol. The number of benzene rings is 3. The van der Waals surface area contributed by atoms with Gasteiger partial charge in [0.2, 0.25) is 5.91 Å². The van der Waals surface area contributed by atoms with E-state index in [1.807, 2.05) is 66.3 Å². The Labute approximate surface area is 191 Å².